The molecule has 0 radical (unpaired) electrons. The second-order valence-electron chi connectivity index (χ2n) is 10.9. The van der Waals surface area contributed by atoms with Crippen LogP contribution in [0.3, 0.4) is 0 Å². The Labute approximate surface area is 234 Å². The van der Waals surface area contributed by atoms with Gasteiger partial charge in [0.2, 0.25) is 5.78 Å². The lowest BCUT2D eigenvalue weighted by atomic mass is 9.55. The molecule has 1 amide bonds. The van der Waals surface area contributed by atoms with E-state index in [1.807, 2.05) is 0 Å². The number of aliphatic hydroxyl groups is 4. The second kappa shape index (κ2) is 9.65. The van der Waals surface area contributed by atoms with Gasteiger partial charge in [0.25, 0.3) is 5.91 Å². The first-order valence-electron chi connectivity index (χ1n) is 12.9. The van der Waals surface area contributed by atoms with Crippen LogP contribution in [0.5, 0.6) is 5.75 Å². The van der Waals surface area contributed by atoms with Crippen LogP contribution in [-0.4, -0.2) is 79.7 Å². The number of fused-ring (bicyclic) bond motifs is 3. The summed E-state index contributed by atoms with van der Waals surface area (Å²) in [6.07, 6.45) is 1.45. The molecule has 5 rings (SSSR count). The standard InChI is InChI=1S/C30H29FN2O8/c1-12-16-11-8-14(7-4-13-5-9-15(31)10-6-13)23(34)18(16)24(35)19-17(12)25(36)21-22(33(2)3)26(37)20(29(32)40)28(39)30(21,41)27(19)38/h4-12,17,21-22,25,34,36-38,41H,1-3H3,(H2,32,40)/b7-4+/t12-,17+,21+,22-,25-,30-/m0/s1. The zero-order chi connectivity index (χ0) is 30.1. The van der Waals surface area contributed by atoms with E-state index in [0.29, 0.717) is 11.1 Å². The van der Waals surface area contributed by atoms with Gasteiger partial charge in [-0.05, 0) is 43.3 Å². The molecule has 0 unspecified atom stereocenters. The van der Waals surface area contributed by atoms with Gasteiger partial charge in [0.15, 0.2) is 11.4 Å². The third-order valence-electron chi connectivity index (χ3n) is 8.49. The number of aliphatic hydroxyl groups excluding tert-OH is 3. The minimum atomic E-state index is -2.97. The van der Waals surface area contributed by atoms with Crippen molar-refractivity contribution in [3.8, 4) is 5.75 Å². The van der Waals surface area contributed by atoms with Crippen molar-refractivity contribution in [1.29, 1.82) is 0 Å². The highest BCUT2D eigenvalue weighted by atomic mass is 19.1. The van der Waals surface area contributed by atoms with E-state index in [1.54, 1.807) is 25.1 Å². The first-order valence-corrected chi connectivity index (χ1v) is 12.9. The third-order valence-corrected chi connectivity index (χ3v) is 8.49. The number of carbonyl (C=O) groups excluding carboxylic acids is 3. The van der Waals surface area contributed by atoms with Gasteiger partial charge in [0.05, 0.1) is 23.6 Å². The molecule has 2 aromatic carbocycles. The summed E-state index contributed by atoms with van der Waals surface area (Å²) in [5, 5.41) is 56.9. The van der Waals surface area contributed by atoms with Crippen molar-refractivity contribution in [2.75, 3.05) is 14.1 Å². The number of amides is 1. The first kappa shape index (κ1) is 28.2. The van der Waals surface area contributed by atoms with Gasteiger partial charge in [-0.1, -0.05) is 43.3 Å². The van der Waals surface area contributed by atoms with Crippen molar-refractivity contribution in [3.05, 3.63) is 87.1 Å². The molecule has 11 heteroatoms. The summed E-state index contributed by atoms with van der Waals surface area (Å²) in [4.78, 5) is 40.9. The Kier molecular flexibility index (Phi) is 6.64. The predicted molar refractivity (Wildman–Crippen MR) is 145 cm³/mol. The number of carbonyl (C=O) groups is 3. The van der Waals surface area contributed by atoms with Crippen molar-refractivity contribution in [3.63, 3.8) is 0 Å². The summed E-state index contributed by atoms with van der Waals surface area (Å²) >= 11 is 0. The molecule has 0 fully saturated rings. The lowest BCUT2D eigenvalue weighted by molar-refractivity contribution is -0.162. The molecule has 214 valence electrons. The number of benzene rings is 2. The van der Waals surface area contributed by atoms with Crippen LogP contribution in [0, 0.1) is 17.7 Å². The zero-order valence-corrected chi connectivity index (χ0v) is 22.4. The largest absolute Gasteiger partial charge is 0.510 e. The molecule has 0 aromatic heterocycles. The Hall–Kier alpha value is -4.32. The number of likely N-dealkylation sites (N-methyl/N-ethyl adjacent to an activating group) is 1. The topological polar surface area (TPSA) is 182 Å². The number of Topliss-reactive ketones (excluding diaryl/α,β-unsaturated/α-hetero) is 2. The van der Waals surface area contributed by atoms with E-state index in [4.69, 9.17) is 5.73 Å². The number of rotatable bonds is 4. The highest BCUT2D eigenvalue weighted by Gasteiger charge is 2.67. The van der Waals surface area contributed by atoms with Crippen molar-refractivity contribution in [2.24, 2.45) is 17.6 Å². The number of nitrogens with two attached hydrogens (primary N) is 1. The summed E-state index contributed by atoms with van der Waals surface area (Å²) in [5.41, 5.74) is 1.95. The van der Waals surface area contributed by atoms with E-state index in [0.717, 1.165) is 0 Å². The number of hydrogen-bond donors (Lipinski definition) is 6. The molecule has 0 bridgehead atoms. The lowest BCUT2D eigenvalue weighted by Crippen LogP contribution is -2.68. The number of phenolic OH excluding ortho intramolecular Hbond substituents is 1. The molecule has 10 nitrogen and oxygen atoms in total. The van der Waals surface area contributed by atoms with Crippen LogP contribution in [-0.2, 0) is 9.59 Å². The van der Waals surface area contributed by atoms with Gasteiger partial charge >= 0.3 is 0 Å². The summed E-state index contributed by atoms with van der Waals surface area (Å²) in [7, 11) is 2.95. The second-order valence-corrected chi connectivity index (χ2v) is 10.9. The van der Waals surface area contributed by atoms with Gasteiger partial charge in [-0.15, -0.1) is 0 Å². The van der Waals surface area contributed by atoms with Crippen molar-refractivity contribution in [1.82, 2.24) is 4.90 Å². The Balaban J connectivity index is 1.69. The maximum atomic E-state index is 13.9. The molecular formula is C30H29FN2O8. The number of primary amides is 1. The van der Waals surface area contributed by atoms with Crippen molar-refractivity contribution in [2.45, 2.75) is 30.6 Å². The highest BCUT2D eigenvalue weighted by Crippen LogP contribution is 2.55. The fraction of sp³-hybridized carbons (Fsp3) is 0.300. The van der Waals surface area contributed by atoms with Gasteiger partial charge in [0, 0.05) is 17.1 Å². The maximum absolute atomic E-state index is 13.9. The number of hydrogen-bond acceptors (Lipinski definition) is 9. The van der Waals surface area contributed by atoms with Gasteiger partial charge in [-0.2, -0.15) is 0 Å². The molecule has 0 saturated heterocycles. The summed E-state index contributed by atoms with van der Waals surface area (Å²) in [5.74, 6) is -9.83. The minimum Gasteiger partial charge on any atom is -0.510 e. The molecule has 7 N–H and O–H groups in total. The molecular weight excluding hydrogens is 535 g/mol. The average molecular weight is 565 g/mol. The monoisotopic (exact) mass is 564 g/mol. The fourth-order valence-electron chi connectivity index (χ4n) is 6.53. The van der Waals surface area contributed by atoms with Crippen LogP contribution < -0.4 is 5.73 Å². The molecule has 0 saturated carbocycles. The minimum absolute atomic E-state index is 0.188. The number of nitrogens with zero attached hydrogens (tertiary/aromatic N) is 1. The van der Waals surface area contributed by atoms with Crippen molar-refractivity contribution >= 4 is 29.6 Å². The fourth-order valence-corrected chi connectivity index (χ4v) is 6.53. The molecule has 41 heavy (non-hydrogen) atoms. The van der Waals surface area contributed by atoms with Crippen LogP contribution >= 0.6 is 0 Å². The Morgan fingerprint density at radius 1 is 1.05 bits per heavy atom. The van der Waals surface area contributed by atoms with Crippen LogP contribution in [0.2, 0.25) is 0 Å². The van der Waals surface area contributed by atoms with E-state index in [2.05, 4.69) is 0 Å². The summed E-state index contributed by atoms with van der Waals surface area (Å²) < 4.78 is 13.3. The van der Waals surface area contributed by atoms with Gasteiger partial charge in [0.1, 0.15) is 28.7 Å². The van der Waals surface area contributed by atoms with Gasteiger partial charge in [-0.3, -0.25) is 19.3 Å². The van der Waals surface area contributed by atoms with E-state index in [9.17, 15) is 44.3 Å². The zero-order valence-electron chi connectivity index (χ0n) is 22.4. The number of halogens is 1. The average Bonchev–Trinajstić information content (AvgIpc) is 2.90. The Morgan fingerprint density at radius 3 is 2.27 bits per heavy atom. The molecule has 6 atom stereocenters. The molecule has 0 spiro atoms. The van der Waals surface area contributed by atoms with Crippen LogP contribution in [0.1, 0.15) is 39.9 Å². The van der Waals surface area contributed by atoms with E-state index >= 15 is 0 Å². The predicted octanol–water partition coefficient (Wildman–Crippen LogP) is 1.96. The third kappa shape index (κ3) is 3.91. The molecule has 0 heterocycles. The van der Waals surface area contributed by atoms with E-state index in [1.165, 1.54) is 49.3 Å². The quantitative estimate of drug-likeness (QED) is 0.239. The summed E-state index contributed by atoms with van der Waals surface area (Å²) in [6, 6.07) is 7.43. The lowest BCUT2D eigenvalue weighted by Gasteiger charge is -2.53. The highest BCUT2D eigenvalue weighted by molar-refractivity contribution is 6.25. The molecule has 2 aromatic rings. The van der Waals surface area contributed by atoms with Crippen LogP contribution in [0.25, 0.3) is 12.2 Å². The van der Waals surface area contributed by atoms with Gasteiger partial charge < -0.3 is 31.3 Å². The Bertz CT molecular complexity index is 1590. The number of phenols is 1. The first-order chi connectivity index (χ1) is 19.2. The number of ketones is 2. The normalized spacial score (nSPS) is 29.6. The molecule has 0 aliphatic heterocycles. The smallest absolute Gasteiger partial charge is 0.255 e. The SMILES string of the molecule is C[C@H]1c2ccc(/C=C/c3ccc(F)cc3)c(O)c2C(=O)C2=C(O)[C@]3(O)C(=O)C(C(N)=O)=C(O)[C@@H](N(C)C)[C@@H]3[C@@H](O)[C@@H]21. The maximum Gasteiger partial charge on any atom is 0.255 e. The number of aromatic hydroxyl groups is 1. The van der Waals surface area contributed by atoms with Gasteiger partial charge in [-0.25, -0.2) is 4.39 Å². The summed E-state index contributed by atoms with van der Waals surface area (Å²) in [6.45, 7) is 1.66. The molecule has 3 aliphatic rings. The van der Waals surface area contributed by atoms with Crippen molar-refractivity contribution < 1.29 is 44.3 Å². The van der Waals surface area contributed by atoms with E-state index < -0.39 is 87.2 Å². The Morgan fingerprint density at radius 2 is 1.68 bits per heavy atom. The van der Waals surface area contributed by atoms with Crippen LogP contribution in [0.4, 0.5) is 4.39 Å². The molecule has 3 aliphatic carbocycles. The van der Waals surface area contributed by atoms with E-state index in [-0.39, 0.29) is 11.1 Å². The van der Waals surface area contributed by atoms with Crippen LogP contribution in [0.15, 0.2) is 59.1 Å².